The molecule has 0 saturated heterocycles. The highest BCUT2D eigenvalue weighted by atomic mass is 16.6. The Hall–Kier alpha value is -1.99. The van der Waals surface area contributed by atoms with Crippen LogP contribution < -0.4 is 11.1 Å². The zero-order chi connectivity index (χ0) is 14.3. The first-order valence-corrected chi connectivity index (χ1v) is 5.82. The summed E-state index contributed by atoms with van der Waals surface area (Å²) in [6.07, 6.45) is 0. The summed E-state index contributed by atoms with van der Waals surface area (Å²) >= 11 is 0. The van der Waals surface area contributed by atoms with Crippen molar-refractivity contribution < 1.29 is 14.5 Å². The first kappa shape index (κ1) is 15.1. The van der Waals surface area contributed by atoms with Crippen LogP contribution in [0.5, 0.6) is 0 Å². The number of nitrogens with one attached hydrogen (secondary N) is 1. The number of carbonyl (C=O) groups is 1. The summed E-state index contributed by atoms with van der Waals surface area (Å²) in [5.41, 5.74) is 6.55. The minimum Gasteiger partial charge on any atom is -0.370 e. The molecule has 1 rings (SSSR count). The van der Waals surface area contributed by atoms with Gasteiger partial charge in [0.15, 0.2) is 0 Å². The van der Waals surface area contributed by atoms with E-state index in [1.54, 1.807) is 13.0 Å². The largest absolute Gasteiger partial charge is 0.370 e. The number of carbonyl (C=O) groups excluding carboxylic acids is 1. The van der Waals surface area contributed by atoms with Gasteiger partial charge < -0.3 is 15.8 Å². The Bertz CT molecular complexity index is 462. The van der Waals surface area contributed by atoms with Gasteiger partial charge in [-0.25, -0.2) is 0 Å². The molecule has 0 aliphatic rings. The molecular weight excluding hydrogens is 250 g/mol. The number of nitrogens with two attached hydrogens (primary N) is 1. The van der Waals surface area contributed by atoms with Crippen molar-refractivity contribution in [3.05, 3.63) is 39.4 Å². The molecule has 0 atom stereocenters. The molecular formula is C12H17N3O4. The molecule has 1 aromatic rings. The summed E-state index contributed by atoms with van der Waals surface area (Å²) in [5.74, 6) is -0.505. The second kappa shape index (κ2) is 7.45. The van der Waals surface area contributed by atoms with Crippen molar-refractivity contribution in [1.29, 1.82) is 0 Å². The molecule has 19 heavy (non-hydrogen) atoms. The number of nitro groups is 1. The molecule has 0 aliphatic heterocycles. The molecule has 1 aromatic carbocycles. The third-order valence-electron chi connectivity index (χ3n) is 2.60. The second-order valence-electron chi connectivity index (χ2n) is 4.01. The number of rotatable bonds is 8. The summed E-state index contributed by atoms with van der Waals surface area (Å²) in [5, 5.41) is 13.9. The SMILES string of the molecule is Cc1c(CNCCOCC(N)=O)cccc1[N+](=O)[O-]. The van der Waals surface area contributed by atoms with Crippen LogP contribution in [0.4, 0.5) is 5.69 Å². The number of hydrogen-bond donors (Lipinski definition) is 2. The first-order chi connectivity index (χ1) is 9.02. The average Bonchev–Trinajstić information content (AvgIpc) is 2.34. The monoisotopic (exact) mass is 267 g/mol. The molecule has 3 N–H and O–H groups in total. The predicted molar refractivity (Wildman–Crippen MR) is 69.6 cm³/mol. The van der Waals surface area contributed by atoms with Crippen LogP contribution in [0.15, 0.2) is 18.2 Å². The maximum Gasteiger partial charge on any atom is 0.272 e. The van der Waals surface area contributed by atoms with Crippen LogP contribution in [0.25, 0.3) is 0 Å². The number of amides is 1. The molecule has 0 fully saturated rings. The van der Waals surface area contributed by atoms with Crippen LogP contribution in [0.3, 0.4) is 0 Å². The van der Waals surface area contributed by atoms with E-state index >= 15 is 0 Å². The average molecular weight is 267 g/mol. The predicted octanol–water partition coefficient (Wildman–Crippen LogP) is 0.495. The molecule has 0 aromatic heterocycles. The summed E-state index contributed by atoms with van der Waals surface area (Å²) in [6.45, 7) is 3.02. The second-order valence-corrected chi connectivity index (χ2v) is 4.01. The molecule has 7 heteroatoms. The molecule has 0 unspecified atom stereocenters. The van der Waals surface area contributed by atoms with Crippen molar-refractivity contribution in [2.75, 3.05) is 19.8 Å². The molecule has 104 valence electrons. The van der Waals surface area contributed by atoms with Gasteiger partial charge in [-0.15, -0.1) is 0 Å². The van der Waals surface area contributed by atoms with Crippen LogP contribution in [0, 0.1) is 17.0 Å². The molecule has 0 bridgehead atoms. The molecule has 0 radical (unpaired) electrons. The quantitative estimate of drug-likeness (QED) is 0.405. The number of hydrogen-bond acceptors (Lipinski definition) is 5. The number of primary amides is 1. The van der Waals surface area contributed by atoms with E-state index in [-0.39, 0.29) is 12.3 Å². The summed E-state index contributed by atoms with van der Waals surface area (Å²) in [4.78, 5) is 20.8. The topological polar surface area (TPSA) is 107 Å². The van der Waals surface area contributed by atoms with Gasteiger partial charge in [0, 0.05) is 24.7 Å². The Balaban J connectivity index is 2.39. The molecule has 1 amide bonds. The van der Waals surface area contributed by atoms with Gasteiger partial charge >= 0.3 is 0 Å². The maximum absolute atomic E-state index is 10.8. The van der Waals surface area contributed by atoms with Gasteiger partial charge in [0.05, 0.1) is 11.5 Å². The van der Waals surface area contributed by atoms with Crippen LogP contribution in [0.2, 0.25) is 0 Å². The van der Waals surface area contributed by atoms with E-state index in [1.807, 2.05) is 6.07 Å². The number of nitrogens with zero attached hydrogens (tertiary/aromatic N) is 1. The molecule has 0 aliphatic carbocycles. The Morgan fingerprint density at radius 2 is 2.26 bits per heavy atom. The van der Waals surface area contributed by atoms with Gasteiger partial charge in [0.1, 0.15) is 6.61 Å². The van der Waals surface area contributed by atoms with Crippen LogP contribution in [-0.2, 0) is 16.1 Å². The smallest absolute Gasteiger partial charge is 0.272 e. The minimum atomic E-state index is -0.505. The van der Waals surface area contributed by atoms with E-state index in [1.165, 1.54) is 6.07 Å². The van der Waals surface area contributed by atoms with E-state index in [4.69, 9.17) is 10.5 Å². The molecule has 0 heterocycles. The molecule has 0 saturated carbocycles. The van der Waals surface area contributed by atoms with Crippen molar-refractivity contribution in [3.63, 3.8) is 0 Å². The van der Waals surface area contributed by atoms with E-state index in [9.17, 15) is 14.9 Å². The highest BCUT2D eigenvalue weighted by Crippen LogP contribution is 2.20. The lowest BCUT2D eigenvalue weighted by atomic mass is 10.1. The van der Waals surface area contributed by atoms with E-state index < -0.39 is 10.8 Å². The van der Waals surface area contributed by atoms with Crippen LogP contribution in [-0.4, -0.2) is 30.6 Å². The fourth-order valence-corrected chi connectivity index (χ4v) is 1.60. The van der Waals surface area contributed by atoms with E-state index in [2.05, 4.69) is 5.32 Å². The Morgan fingerprint density at radius 3 is 2.89 bits per heavy atom. The van der Waals surface area contributed by atoms with Gasteiger partial charge in [0.25, 0.3) is 5.69 Å². The summed E-state index contributed by atoms with van der Waals surface area (Å²) < 4.78 is 4.98. The normalized spacial score (nSPS) is 10.4. The van der Waals surface area contributed by atoms with Gasteiger partial charge in [-0.3, -0.25) is 14.9 Å². The third-order valence-corrected chi connectivity index (χ3v) is 2.60. The molecule has 7 nitrogen and oxygen atoms in total. The summed E-state index contributed by atoms with van der Waals surface area (Å²) in [7, 11) is 0. The van der Waals surface area contributed by atoms with Crippen molar-refractivity contribution >= 4 is 11.6 Å². The van der Waals surface area contributed by atoms with Gasteiger partial charge in [-0.05, 0) is 12.5 Å². The fourth-order valence-electron chi connectivity index (χ4n) is 1.60. The van der Waals surface area contributed by atoms with Crippen LogP contribution in [0.1, 0.15) is 11.1 Å². The van der Waals surface area contributed by atoms with Crippen molar-refractivity contribution in [1.82, 2.24) is 5.32 Å². The number of benzene rings is 1. The Morgan fingerprint density at radius 1 is 1.53 bits per heavy atom. The lowest BCUT2D eigenvalue weighted by Crippen LogP contribution is -2.24. The fraction of sp³-hybridized carbons (Fsp3) is 0.417. The number of nitro benzene ring substituents is 1. The first-order valence-electron chi connectivity index (χ1n) is 5.82. The highest BCUT2D eigenvalue weighted by molar-refractivity contribution is 5.74. The highest BCUT2D eigenvalue weighted by Gasteiger charge is 2.12. The molecule has 0 spiro atoms. The van der Waals surface area contributed by atoms with Crippen LogP contribution >= 0.6 is 0 Å². The van der Waals surface area contributed by atoms with Crippen molar-refractivity contribution in [3.8, 4) is 0 Å². The third kappa shape index (κ3) is 5.02. The van der Waals surface area contributed by atoms with E-state index in [0.717, 1.165) is 5.56 Å². The van der Waals surface area contributed by atoms with Crippen molar-refractivity contribution in [2.45, 2.75) is 13.5 Å². The zero-order valence-corrected chi connectivity index (χ0v) is 10.7. The summed E-state index contributed by atoms with van der Waals surface area (Å²) in [6, 6.07) is 4.97. The Kier molecular flexibility index (Phi) is 5.91. The lowest BCUT2D eigenvalue weighted by molar-refractivity contribution is -0.385. The Labute approximate surface area is 110 Å². The zero-order valence-electron chi connectivity index (χ0n) is 10.7. The standard InChI is InChI=1S/C12H17N3O4/c1-9-10(3-2-4-11(9)15(17)18)7-14-5-6-19-8-12(13)16/h2-4,14H,5-8H2,1H3,(H2,13,16). The maximum atomic E-state index is 10.8. The number of ether oxygens (including phenoxy) is 1. The lowest BCUT2D eigenvalue weighted by Gasteiger charge is -2.08. The van der Waals surface area contributed by atoms with Gasteiger partial charge in [0.2, 0.25) is 5.91 Å². The van der Waals surface area contributed by atoms with Gasteiger partial charge in [-0.1, -0.05) is 12.1 Å². The van der Waals surface area contributed by atoms with Gasteiger partial charge in [-0.2, -0.15) is 0 Å². The van der Waals surface area contributed by atoms with E-state index in [0.29, 0.717) is 25.3 Å². The van der Waals surface area contributed by atoms with Crippen molar-refractivity contribution in [2.24, 2.45) is 5.73 Å². The minimum absolute atomic E-state index is 0.0997.